The lowest BCUT2D eigenvalue weighted by molar-refractivity contribution is 0.0555. The molecule has 4 aromatic rings. The number of methoxy groups -OCH3 is 2. The molecule has 0 spiro atoms. The highest BCUT2D eigenvalue weighted by molar-refractivity contribution is 6.03. The van der Waals surface area contributed by atoms with Crippen molar-refractivity contribution in [1.29, 1.82) is 0 Å². The Kier molecular flexibility index (Phi) is 8.50. The first kappa shape index (κ1) is 25.5. The minimum atomic E-state index is -0.589. The van der Waals surface area contributed by atoms with Crippen molar-refractivity contribution in [3.8, 4) is 11.5 Å². The molecule has 0 amide bonds. The molecule has 0 unspecified atom stereocenters. The molecule has 186 valence electrons. The van der Waals surface area contributed by atoms with Gasteiger partial charge in [-0.3, -0.25) is 0 Å². The van der Waals surface area contributed by atoms with Gasteiger partial charge in [0.2, 0.25) is 0 Å². The Labute approximate surface area is 216 Å². The molecule has 0 saturated carbocycles. The summed E-state index contributed by atoms with van der Waals surface area (Å²) < 4.78 is 15.6. The molecule has 0 aliphatic heterocycles. The van der Waals surface area contributed by atoms with Gasteiger partial charge in [-0.1, -0.05) is 78.4 Å². The summed E-state index contributed by atoms with van der Waals surface area (Å²) in [5.41, 5.74) is 4.58. The Bertz CT molecular complexity index is 1370. The second-order valence-corrected chi connectivity index (χ2v) is 8.49. The maximum Gasteiger partial charge on any atom is 0.338 e. The zero-order valence-electron chi connectivity index (χ0n) is 20.8. The molecular formula is C32H28O5. The minimum absolute atomic E-state index is 0.171. The number of rotatable bonds is 9. The molecule has 0 atom stereocenters. The van der Waals surface area contributed by atoms with Crippen molar-refractivity contribution in [2.24, 2.45) is 0 Å². The average molecular weight is 493 g/mol. The summed E-state index contributed by atoms with van der Waals surface area (Å²) in [6, 6.07) is 33.0. The zero-order chi connectivity index (χ0) is 26.0. The molecular weight excluding hydrogens is 464 g/mol. The first-order valence-corrected chi connectivity index (χ1v) is 11.9. The summed E-state index contributed by atoms with van der Waals surface area (Å²) in [5.74, 6) is 0.383. The van der Waals surface area contributed by atoms with Crippen LogP contribution in [0, 0.1) is 0 Å². The van der Waals surface area contributed by atoms with Gasteiger partial charge < -0.3 is 14.2 Å². The highest BCUT2D eigenvalue weighted by Crippen LogP contribution is 2.24. The normalized spacial score (nSPS) is 11.0. The van der Waals surface area contributed by atoms with Crippen molar-refractivity contribution in [3.63, 3.8) is 0 Å². The highest BCUT2D eigenvalue weighted by Gasteiger charge is 2.18. The quantitative estimate of drug-likeness (QED) is 0.237. The van der Waals surface area contributed by atoms with Gasteiger partial charge in [0.25, 0.3) is 0 Å². The van der Waals surface area contributed by atoms with Crippen LogP contribution in [-0.2, 0) is 22.3 Å². The van der Waals surface area contributed by atoms with Gasteiger partial charge in [-0.05, 0) is 65.9 Å². The zero-order valence-corrected chi connectivity index (χ0v) is 20.8. The molecule has 0 bridgehead atoms. The van der Waals surface area contributed by atoms with Gasteiger partial charge in [0.05, 0.1) is 25.3 Å². The number of benzene rings is 4. The number of hydrogen-bond acceptors (Lipinski definition) is 5. The van der Waals surface area contributed by atoms with Crippen LogP contribution in [0.1, 0.15) is 37.4 Å². The molecule has 5 heteroatoms. The van der Waals surface area contributed by atoms with Crippen molar-refractivity contribution in [1.82, 2.24) is 0 Å². The van der Waals surface area contributed by atoms with Crippen molar-refractivity contribution in [3.05, 3.63) is 137 Å². The van der Waals surface area contributed by atoms with Gasteiger partial charge in [0.1, 0.15) is 11.5 Å². The Morgan fingerprint density at radius 2 is 1.16 bits per heavy atom. The van der Waals surface area contributed by atoms with E-state index in [9.17, 15) is 9.59 Å². The summed E-state index contributed by atoms with van der Waals surface area (Å²) in [7, 11) is 2.57. The number of hydrogen-bond donors (Lipinski definition) is 0. The molecule has 0 aliphatic carbocycles. The van der Waals surface area contributed by atoms with Crippen LogP contribution in [0.5, 0.6) is 11.5 Å². The van der Waals surface area contributed by atoms with E-state index in [-0.39, 0.29) is 11.1 Å². The molecule has 0 fully saturated rings. The van der Waals surface area contributed by atoms with Crippen LogP contribution >= 0.6 is 0 Å². The number of carbonyl (C=O) groups is 2. The Balaban J connectivity index is 1.62. The third kappa shape index (κ3) is 6.95. The Morgan fingerprint density at radius 1 is 0.622 bits per heavy atom. The first-order valence-electron chi connectivity index (χ1n) is 11.9. The third-order valence-electron chi connectivity index (χ3n) is 5.83. The Hall–Kier alpha value is -4.64. The summed E-state index contributed by atoms with van der Waals surface area (Å²) in [6.45, 7) is 0. The predicted octanol–water partition coefficient (Wildman–Crippen LogP) is 6.92. The standard InChI is InChI=1S/C32H28O5/c1-35-31(33)29-18-15-25(22-30(29)32(34)36-2)21-26(19-23-9-5-3-6-10-23)20-24-13-16-28(17-14-24)37-27-11-7-4-8-12-27/h3-18,21-22H,19-20H2,1-2H3/b26-21+. The lowest BCUT2D eigenvalue weighted by Crippen LogP contribution is -2.12. The summed E-state index contributed by atoms with van der Waals surface area (Å²) in [4.78, 5) is 24.5. The maximum absolute atomic E-state index is 12.4. The monoisotopic (exact) mass is 492 g/mol. The summed E-state index contributed by atoms with van der Waals surface area (Å²) >= 11 is 0. The first-order chi connectivity index (χ1) is 18.1. The van der Waals surface area contributed by atoms with E-state index < -0.39 is 11.9 Å². The average Bonchev–Trinajstić information content (AvgIpc) is 2.94. The molecule has 0 aromatic heterocycles. The van der Waals surface area contributed by atoms with E-state index in [1.807, 2.05) is 60.7 Å². The van der Waals surface area contributed by atoms with Crippen LogP contribution in [0.25, 0.3) is 6.08 Å². The van der Waals surface area contributed by atoms with E-state index in [0.29, 0.717) is 6.42 Å². The van der Waals surface area contributed by atoms with E-state index in [1.165, 1.54) is 19.8 Å². The van der Waals surface area contributed by atoms with Crippen LogP contribution in [0.2, 0.25) is 0 Å². The fourth-order valence-corrected chi connectivity index (χ4v) is 4.04. The van der Waals surface area contributed by atoms with Crippen molar-refractivity contribution >= 4 is 18.0 Å². The molecule has 5 nitrogen and oxygen atoms in total. The Morgan fingerprint density at radius 3 is 1.78 bits per heavy atom. The SMILES string of the molecule is COC(=O)c1ccc(/C=C(\Cc2ccccc2)Cc2ccc(Oc3ccccc3)cc2)cc1C(=O)OC. The van der Waals surface area contributed by atoms with Gasteiger partial charge in [-0.25, -0.2) is 9.59 Å². The van der Waals surface area contributed by atoms with Gasteiger partial charge in [-0.2, -0.15) is 0 Å². The van der Waals surface area contributed by atoms with Crippen molar-refractivity contribution in [2.75, 3.05) is 14.2 Å². The molecule has 0 N–H and O–H groups in total. The fraction of sp³-hybridized carbons (Fsp3) is 0.125. The molecule has 4 rings (SSSR count). The van der Waals surface area contributed by atoms with E-state index in [4.69, 9.17) is 14.2 Å². The molecule has 0 saturated heterocycles. The number of ether oxygens (including phenoxy) is 3. The second kappa shape index (κ2) is 12.4. The van der Waals surface area contributed by atoms with Crippen LogP contribution < -0.4 is 4.74 Å². The van der Waals surface area contributed by atoms with Crippen molar-refractivity contribution < 1.29 is 23.8 Å². The van der Waals surface area contributed by atoms with Gasteiger partial charge in [0, 0.05) is 0 Å². The minimum Gasteiger partial charge on any atom is -0.465 e. The topological polar surface area (TPSA) is 61.8 Å². The third-order valence-corrected chi connectivity index (χ3v) is 5.83. The van der Waals surface area contributed by atoms with Gasteiger partial charge in [-0.15, -0.1) is 0 Å². The number of esters is 2. The molecule has 0 aliphatic rings. The van der Waals surface area contributed by atoms with E-state index in [2.05, 4.69) is 30.3 Å². The van der Waals surface area contributed by atoms with Crippen LogP contribution in [-0.4, -0.2) is 26.2 Å². The summed E-state index contributed by atoms with van der Waals surface area (Å²) in [6.07, 6.45) is 3.48. The molecule has 0 heterocycles. The second-order valence-electron chi connectivity index (χ2n) is 8.49. The van der Waals surface area contributed by atoms with Crippen LogP contribution in [0.3, 0.4) is 0 Å². The van der Waals surface area contributed by atoms with E-state index in [1.54, 1.807) is 18.2 Å². The van der Waals surface area contributed by atoms with E-state index in [0.717, 1.165) is 34.6 Å². The lowest BCUT2D eigenvalue weighted by Gasteiger charge is -2.12. The maximum atomic E-state index is 12.4. The van der Waals surface area contributed by atoms with E-state index >= 15 is 0 Å². The van der Waals surface area contributed by atoms with Gasteiger partial charge in [0.15, 0.2) is 0 Å². The smallest absolute Gasteiger partial charge is 0.338 e. The molecule has 37 heavy (non-hydrogen) atoms. The summed E-state index contributed by atoms with van der Waals surface area (Å²) in [5, 5.41) is 0. The molecule has 0 radical (unpaired) electrons. The van der Waals surface area contributed by atoms with Crippen molar-refractivity contribution in [2.45, 2.75) is 12.8 Å². The molecule has 4 aromatic carbocycles. The van der Waals surface area contributed by atoms with Crippen LogP contribution in [0.4, 0.5) is 0 Å². The van der Waals surface area contributed by atoms with Gasteiger partial charge >= 0.3 is 11.9 Å². The fourth-order valence-electron chi connectivity index (χ4n) is 4.04. The number of para-hydroxylation sites is 1. The lowest BCUT2D eigenvalue weighted by atomic mass is 9.95. The number of allylic oxidation sites excluding steroid dienone is 1. The van der Waals surface area contributed by atoms with Crippen LogP contribution in [0.15, 0.2) is 109 Å². The number of carbonyl (C=O) groups excluding carboxylic acids is 2. The predicted molar refractivity (Wildman–Crippen MR) is 144 cm³/mol. The largest absolute Gasteiger partial charge is 0.465 e. The highest BCUT2D eigenvalue weighted by atomic mass is 16.5.